The van der Waals surface area contributed by atoms with Gasteiger partial charge in [-0.15, -0.1) is 0 Å². The quantitative estimate of drug-likeness (QED) is 0.554. The Kier molecular flexibility index (Phi) is 4.81. The van der Waals surface area contributed by atoms with E-state index < -0.39 is 46.0 Å². The minimum atomic E-state index is -2.41. The number of phenolic OH excluding ortho intramolecular Hbond substituents is 2. The summed E-state index contributed by atoms with van der Waals surface area (Å²) in [4.78, 5) is 65.5. The van der Waals surface area contributed by atoms with Crippen molar-refractivity contribution in [3.8, 4) is 11.5 Å². The van der Waals surface area contributed by atoms with Gasteiger partial charge in [-0.1, -0.05) is 26.0 Å². The fourth-order valence-electron chi connectivity index (χ4n) is 4.15. The second-order valence-electron chi connectivity index (χ2n) is 7.49. The van der Waals surface area contributed by atoms with Gasteiger partial charge in [0.05, 0.1) is 11.1 Å². The summed E-state index contributed by atoms with van der Waals surface area (Å²) in [7, 11) is 0. The predicted molar refractivity (Wildman–Crippen MR) is 110 cm³/mol. The van der Waals surface area contributed by atoms with E-state index in [1.165, 1.54) is 43.3 Å². The van der Waals surface area contributed by atoms with E-state index in [1.54, 1.807) is 6.92 Å². The summed E-state index contributed by atoms with van der Waals surface area (Å²) >= 11 is 0. The molecule has 0 spiro atoms. The Morgan fingerprint density at radius 3 is 1.88 bits per heavy atom. The van der Waals surface area contributed by atoms with E-state index in [-0.39, 0.29) is 46.4 Å². The van der Waals surface area contributed by atoms with Crippen LogP contribution in [-0.2, 0) is 9.53 Å². The van der Waals surface area contributed by atoms with Gasteiger partial charge < -0.3 is 14.9 Å². The van der Waals surface area contributed by atoms with Crippen molar-refractivity contribution >= 4 is 28.9 Å². The van der Waals surface area contributed by atoms with Crippen LogP contribution in [0, 0.1) is 0 Å². The first-order chi connectivity index (χ1) is 15.2. The molecule has 0 saturated carbocycles. The molecule has 32 heavy (non-hydrogen) atoms. The number of rotatable bonds is 4. The van der Waals surface area contributed by atoms with Gasteiger partial charge in [-0.2, -0.15) is 0 Å². The SMILES string of the molecule is CCC1=C(OC2(CC)C(=O)C(=O)c3cccc(O)c3C2=O)C(=O)c2cccc(O)c2C1=O. The third-order valence-corrected chi connectivity index (χ3v) is 5.85. The van der Waals surface area contributed by atoms with E-state index >= 15 is 0 Å². The Labute approximate surface area is 182 Å². The molecule has 0 bridgehead atoms. The van der Waals surface area contributed by atoms with Gasteiger partial charge in [0.2, 0.25) is 23.0 Å². The number of carbonyl (C=O) groups is 5. The average Bonchev–Trinajstić information content (AvgIpc) is 2.78. The molecule has 0 amide bonds. The van der Waals surface area contributed by atoms with Gasteiger partial charge in [0.25, 0.3) is 5.78 Å². The maximum absolute atomic E-state index is 13.4. The number of fused-ring (bicyclic) bond motifs is 2. The predicted octanol–water partition coefficient (Wildman–Crippen LogP) is 2.95. The van der Waals surface area contributed by atoms with Crippen molar-refractivity contribution < 1.29 is 38.9 Å². The highest BCUT2D eigenvalue weighted by Gasteiger charge is 2.57. The number of benzene rings is 2. The molecule has 2 aromatic rings. The zero-order chi connectivity index (χ0) is 23.4. The van der Waals surface area contributed by atoms with Gasteiger partial charge in [-0.25, -0.2) is 0 Å². The molecule has 4 rings (SSSR count). The molecule has 8 heteroatoms. The molecule has 0 radical (unpaired) electrons. The van der Waals surface area contributed by atoms with Crippen molar-refractivity contribution in [2.24, 2.45) is 0 Å². The summed E-state index contributed by atoms with van der Waals surface area (Å²) in [5, 5.41) is 20.3. The first-order valence-electron chi connectivity index (χ1n) is 9.99. The number of aromatic hydroxyl groups is 2. The zero-order valence-corrected chi connectivity index (χ0v) is 17.2. The highest BCUT2D eigenvalue weighted by atomic mass is 16.5. The van der Waals surface area contributed by atoms with Gasteiger partial charge in [0.1, 0.15) is 11.5 Å². The Morgan fingerprint density at radius 2 is 1.31 bits per heavy atom. The van der Waals surface area contributed by atoms with E-state index in [0.29, 0.717) is 0 Å². The molecular formula is C24H18O8. The molecule has 0 heterocycles. The summed E-state index contributed by atoms with van der Waals surface area (Å²) in [6.07, 6.45) is -0.315. The second-order valence-corrected chi connectivity index (χ2v) is 7.49. The van der Waals surface area contributed by atoms with Crippen LogP contribution in [0.15, 0.2) is 47.7 Å². The maximum Gasteiger partial charge on any atom is 0.254 e. The lowest BCUT2D eigenvalue weighted by atomic mass is 9.75. The van der Waals surface area contributed by atoms with Crippen molar-refractivity contribution in [1.82, 2.24) is 0 Å². The molecule has 1 atom stereocenters. The van der Waals surface area contributed by atoms with Crippen LogP contribution in [0.5, 0.6) is 11.5 Å². The fourth-order valence-corrected chi connectivity index (χ4v) is 4.15. The number of hydrogen-bond donors (Lipinski definition) is 2. The van der Waals surface area contributed by atoms with E-state index in [4.69, 9.17) is 4.74 Å². The molecule has 2 aliphatic carbocycles. The van der Waals surface area contributed by atoms with Crippen molar-refractivity contribution in [1.29, 1.82) is 0 Å². The largest absolute Gasteiger partial charge is 0.507 e. The smallest absolute Gasteiger partial charge is 0.254 e. The number of Topliss-reactive ketones (excluding diaryl/α,β-unsaturated/α-hetero) is 5. The number of hydrogen-bond acceptors (Lipinski definition) is 8. The van der Waals surface area contributed by atoms with Crippen LogP contribution in [0.25, 0.3) is 0 Å². The molecule has 2 N–H and O–H groups in total. The summed E-state index contributed by atoms with van der Waals surface area (Å²) in [5.41, 5.74) is -3.49. The number of ketones is 5. The second kappa shape index (κ2) is 7.26. The lowest BCUT2D eigenvalue weighted by molar-refractivity contribution is -0.130. The molecule has 2 aliphatic rings. The summed E-state index contributed by atoms with van der Waals surface area (Å²) < 4.78 is 5.76. The topological polar surface area (TPSA) is 135 Å². The average molecular weight is 434 g/mol. The minimum Gasteiger partial charge on any atom is -0.507 e. The number of phenols is 2. The van der Waals surface area contributed by atoms with Gasteiger partial charge in [-0.3, -0.25) is 24.0 Å². The normalized spacial score (nSPS) is 20.4. The van der Waals surface area contributed by atoms with E-state index in [9.17, 15) is 34.2 Å². The van der Waals surface area contributed by atoms with Crippen molar-refractivity contribution in [3.05, 3.63) is 70.0 Å². The Morgan fingerprint density at radius 1 is 0.750 bits per heavy atom. The molecule has 2 aromatic carbocycles. The minimum absolute atomic E-state index is 0.00559. The Balaban J connectivity index is 1.92. The van der Waals surface area contributed by atoms with Gasteiger partial charge in [0.15, 0.2) is 11.5 Å². The Bertz CT molecular complexity index is 1280. The van der Waals surface area contributed by atoms with Crippen molar-refractivity contribution in [3.63, 3.8) is 0 Å². The molecule has 0 aliphatic heterocycles. The van der Waals surface area contributed by atoms with E-state index in [1.807, 2.05) is 0 Å². The molecule has 8 nitrogen and oxygen atoms in total. The number of allylic oxidation sites excluding steroid dienone is 2. The van der Waals surface area contributed by atoms with Crippen LogP contribution in [0.4, 0.5) is 0 Å². The summed E-state index contributed by atoms with van der Waals surface area (Å²) in [6.45, 7) is 3.00. The Hall–Kier alpha value is -4.07. The van der Waals surface area contributed by atoms with E-state index in [2.05, 4.69) is 0 Å². The van der Waals surface area contributed by atoms with Gasteiger partial charge in [0, 0.05) is 16.7 Å². The number of carbonyl (C=O) groups excluding carboxylic acids is 5. The van der Waals surface area contributed by atoms with Crippen LogP contribution in [0.1, 0.15) is 68.1 Å². The lowest BCUT2D eigenvalue weighted by Crippen LogP contribution is -2.56. The standard InChI is InChI=1S/C24H18O8/c1-3-11-18(27)16-12(7-5-9-14(16)25)19(28)21(11)32-24(4-2)22(30)17-13(20(29)23(24)31)8-6-10-15(17)26/h5-10,25-26H,3-4H2,1-2H3. The lowest BCUT2D eigenvalue weighted by Gasteiger charge is -2.35. The highest BCUT2D eigenvalue weighted by molar-refractivity contribution is 6.55. The van der Waals surface area contributed by atoms with Crippen molar-refractivity contribution in [2.75, 3.05) is 0 Å². The molecule has 162 valence electrons. The first-order valence-corrected chi connectivity index (χ1v) is 9.99. The van der Waals surface area contributed by atoms with Gasteiger partial charge in [-0.05, 0) is 37.1 Å². The first kappa shape index (κ1) is 21.2. The molecule has 0 fully saturated rings. The zero-order valence-electron chi connectivity index (χ0n) is 17.2. The van der Waals surface area contributed by atoms with Crippen LogP contribution < -0.4 is 0 Å². The number of ether oxygens (including phenoxy) is 1. The monoisotopic (exact) mass is 434 g/mol. The third-order valence-electron chi connectivity index (χ3n) is 5.85. The molecule has 0 saturated heterocycles. The van der Waals surface area contributed by atoms with E-state index in [0.717, 1.165) is 0 Å². The molecule has 0 aromatic heterocycles. The summed E-state index contributed by atoms with van der Waals surface area (Å²) in [6, 6.07) is 7.74. The fraction of sp³-hybridized carbons (Fsp3) is 0.208. The van der Waals surface area contributed by atoms with Crippen LogP contribution >= 0.6 is 0 Å². The highest BCUT2D eigenvalue weighted by Crippen LogP contribution is 2.41. The van der Waals surface area contributed by atoms with Crippen LogP contribution in [-0.4, -0.2) is 44.7 Å². The summed E-state index contributed by atoms with van der Waals surface area (Å²) in [5.74, 6) is -6.07. The maximum atomic E-state index is 13.4. The van der Waals surface area contributed by atoms with Crippen molar-refractivity contribution in [2.45, 2.75) is 32.3 Å². The van der Waals surface area contributed by atoms with Crippen LogP contribution in [0.3, 0.4) is 0 Å². The molecular weight excluding hydrogens is 416 g/mol. The van der Waals surface area contributed by atoms with Gasteiger partial charge >= 0.3 is 0 Å². The molecule has 1 unspecified atom stereocenters. The third kappa shape index (κ3) is 2.65. The van der Waals surface area contributed by atoms with Crippen LogP contribution in [0.2, 0.25) is 0 Å².